The normalized spacial score (nSPS) is 15.3. The molecule has 6 nitrogen and oxygen atoms in total. The second-order valence-electron chi connectivity index (χ2n) is 4.99. The van der Waals surface area contributed by atoms with Gasteiger partial charge < -0.3 is 11.1 Å². The van der Waals surface area contributed by atoms with Crippen molar-refractivity contribution in [2.24, 2.45) is 10.7 Å². The summed E-state index contributed by atoms with van der Waals surface area (Å²) in [6, 6.07) is 4.50. The van der Waals surface area contributed by atoms with Crippen molar-refractivity contribution in [1.82, 2.24) is 19.9 Å². The first-order valence-corrected chi connectivity index (χ1v) is 6.74. The van der Waals surface area contributed by atoms with Gasteiger partial charge in [-0.05, 0) is 31.4 Å². The molecule has 1 fully saturated rings. The van der Waals surface area contributed by atoms with Crippen LogP contribution in [0, 0.1) is 6.92 Å². The largest absolute Gasteiger partial charge is 0.370 e. The Morgan fingerprint density at radius 1 is 1.45 bits per heavy atom. The Labute approximate surface area is 117 Å². The maximum absolute atomic E-state index is 5.80. The number of imidazole rings is 1. The second kappa shape index (κ2) is 5.32. The molecule has 1 aliphatic rings. The van der Waals surface area contributed by atoms with E-state index in [0.29, 0.717) is 18.5 Å². The Balaban J connectivity index is 1.65. The van der Waals surface area contributed by atoms with Crippen LogP contribution in [0.4, 0.5) is 0 Å². The van der Waals surface area contributed by atoms with Crippen molar-refractivity contribution in [2.75, 3.05) is 0 Å². The maximum atomic E-state index is 5.80. The Hall–Kier alpha value is -2.37. The summed E-state index contributed by atoms with van der Waals surface area (Å²) >= 11 is 0. The fourth-order valence-corrected chi connectivity index (χ4v) is 1.93. The van der Waals surface area contributed by atoms with Gasteiger partial charge in [-0.2, -0.15) is 0 Å². The minimum Gasteiger partial charge on any atom is -0.370 e. The highest BCUT2D eigenvalue weighted by Crippen LogP contribution is 2.18. The van der Waals surface area contributed by atoms with E-state index < -0.39 is 0 Å². The predicted octanol–water partition coefficient (Wildman–Crippen LogP) is 1.14. The summed E-state index contributed by atoms with van der Waals surface area (Å²) in [5.74, 6) is 2.29. The van der Waals surface area contributed by atoms with Crippen molar-refractivity contribution in [3.8, 4) is 5.82 Å². The highest BCUT2D eigenvalue weighted by atomic mass is 15.1. The first-order valence-electron chi connectivity index (χ1n) is 6.74. The van der Waals surface area contributed by atoms with Crippen LogP contribution in [0.15, 0.2) is 35.7 Å². The molecule has 1 saturated carbocycles. The smallest absolute Gasteiger partial charge is 0.189 e. The van der Waals surface area contributed by atoms with Crippen LogP contribution in [0.2, 0.25) is 0 Å². The van der Waals surface area contributed by atoms with E-state index in [1.54, 1.807) is 6.20 Å². The average molecular weight is 270 g/mol. The molecule has 104 valence electrons. The molecule has 3 N–H and O–H groups in total. The number of guanidine groups is 1. The van der Waals surface area contributed by atoms with E-state index in [9.17, 15) is 0 Å². The van der Waals surface area contributed by atoms with E-state index >= 15 is 0 Å². The van der Waals surface area contributed by atoms with Crippen LogP contribution in [0.5, 0.6) is 0 Å². The van der Waals surface area contributed by atoms with Gasteiger partial charge in [0.25, 0.3) is 0 Å². The number of nitrogens with two attached hydrogens (primary N) is 1. The first-order chi connectivity index (χ1) is 9.72. The summed E-state index contributed by atoms with van der Waals surface area (Å²) in [7, 11) is 0. The molecule has 6 heteroatoms. The van der Waals surface area contributed by atoms with Crippen LogP contribution in [0.1, 0.15) is 24.2 Å². The van der Waals surface area contributed by atoms with Gasteiger partial charge in [-0.15, -0.1) is 0 Å². The van der Waals surface area contributed by atoms with Crippen LogP contribution in [0.25, 0.3) is 5.82 Å². The molecule has 0 atom stereocenters. The molecule has 0 radical (unpaired) electrons. The van der Waals surface area contributed by atoms with Gasteiger partial charge in [0.1, 0.15) is 11.6 Å². The highest BCUT2D eigenvalue weighted by molar-refractivity contribution is 5.78. The van der Waals surface area contributed by atoms with E-state index in [0.717, 1.165) is 17.2 Å². The first kappa shape index (κ1) is 12.7. The third-order valence-electron chi connectivity index (χ3n) is 3.24. The Kier molecular flexibility index (Phi) is 3.37. The number of aromatic nitrogens is 3. The summed E-state index contributed by atoms with van der Waals surface area (Å²) in [6.45, 7) is 2.49. The number of nitrogens with zero attached hydrogens (tertiary/aromatic N) is 4. The van der Waals surface area contributed by atoms with Gasteiger partial charge in [0.05, 0.1) is 6.54 Å². The molecule has 2 aromatic rings. The van der Waals surface area contributed by atoms with Gasteiger partial charge >= 0.3 is 0 Å². The minimum atomic E-state index is 0.516. The van der Waals surface area contributed by atoms with Crippen molar-refractivity contribution in [3.63, 3.8) is 0 Å². The fourth-order valence-electron chi connectivity index (χ4n) is 1.93. The third-order valence-corrected chi connectivity index (χ3v) is 3.24. The SMILES string of the molecule is Cc1nccn1-c1ccc(CN=C(N)NC2CC2)cn1. The molecular formula is C14H18N6. The molecule has 0 saturated heterocycles. The summed E-state index contributed by atoms with van der Waals surface area (Å²) in [4.78, 5) is 12.9. The molecule has 20 heavy (non-hydrogen) atoms. The Morgan fingerprint density at radius 3 is 2.90 bits per heavy atom. The number of aliphatic imine (C=N–C) groups is 1. The predicted molar refractivity (Wildman–Crippen MR) is 77.6 cm³/mol. The number of aryl methyl sites for hydroxylation is 1. The van der Waals surface area contributed by atoms with E-state index in [1.807, 2.05) is 36.0 Å². The maximum Gasteiger partial charge on any atom is 0.189 e. The summed E-state index contributed by atoms with van der Waals surface area (Å²) in [5.41, 5.74) is 6.83. The molecule has 2 aromatic heterocycles. The summed E-state index contributed by atoms with van der Waals surface area (Å²) in [5, 5.41) is 3.16. The Bertz CT molecular complexity index is 609. The lowest BCUT2D eigenvalue weighted by molar-refractivity contribution is 0.875. The molecule has 2 heterocycles. The number of rotatable bonds is 4. The van der Waals surface area contributed by atoms with Crippen molar-refractivity contribution >= 4 is 5.96 Å². The fraction of sp³-hybridized carbons (Fsp3) is 0.357. The van der Waals surface area contributed by atoms with Crippen LogP contribution in [0.3, 0.4) is 0 Å². The van der Waals surface area contributed by atoms with Gasteiger partial charge in [0.2, 0.25) is 0 Å². The van der Waals surface area contributed by atoms with E-state index in [4.69, 9.17) is 5.73 Å². The molecule has 0 amide bonds. The molecule has 3 rings (SSSR count). The quantitative estimate of drug-likeness (QED) is 0.645. The van der Waals surface area contributed by atoms with Crippen molar-refractivity contribution in [3.05, 3.63) is 42.1 Å². The van der Waals surface area contributed by atoms with Crippen molar-refractivity contribution in [2.45, 2.75) is 32.4 Å². The lowest BCUT2D eigenvalue weighted by atomic mass is 10.3. The molecule has 1 aliphatic carbocycles. The van der Waals surface area contributed by atoms with Gasteiger partial charge in [-0.1, -0.05) is 6.07 Å². The molecular weight excluding hydrogens is 252 g/mol. The number of hydrogen-bond donors (Lipinski definition) is 2. The highest BCUT2D eigenvalue weighted by Gasteiger charge is 2.21. The van der Waals surface area contributed by atoms with E-state index in [1.165, 1.54) is 12.8 Å². The molecule has 0 aromatic carbocycles. The zero-order valence-electron chi connectivity index (χ0n) is 11.5. The second-order valence-corrected chi connectivity index (χ2v) is 4.99. The summed E-state index contributed by atoms with van der Waals surface area (Å²) < 4.78 is 1.94. The van der Waals surface area contributed by atoms with Crippen LogP contribution in [-0.2, 0) is 6.54 Å². The van der Waals surface area contributed by atoms with E-state index in [-0.39, 0.29) is 0 Å². The lowest BCUT2D eigenvalue weighted by Gasteiger charge is -2.05. The van der Waals surface area contributed by atoms with Gasteiger partial charge in [-0.3, -0.25) is 4.57 Å². The summed E-state index contributed by atoms with van der Waals surface area (Å²) in [6.07, 6.45) is 7.86. The number of pyridine rings is 1. The van der Waals surface area contributed by atoms with Gasteiger partial charge in [-0.25, -0.2) is 15.0 Å². The molecule has 0 bridgehead atoms. The van der Waals surface area contributed by atoms with Crippen molar-refractivity contribution < 1.29 is 0 Å². The number of nitrogens with one attached hydrogen (secondary N) is 1. The zero-order chi connectivity index (χ0) is 13.9. The molecule has 0 unspecified atom stereocenters. The zero-order valence-corrected chi connectivity index (χ0v) is 11.5. The topological polar surface area (TPSA) is 81.1 Å². The monoisotopic (exact) mass is 270 g/mol. The third kappa shape index (κ3) is 2.96. The van der Waals surface area contributed by atoms with Crippen LogP contribution < -0.4 is 11.1 Å². The standard InChI is InChI=1S/C14H18N6/c1-10-16-6-7-20(10)13-5-2-11(8-17-13)9-18-14(15)19-12-3-4-12/h2,5-8,12H,3-4,9H2,1H3,(H3,15,18,19). The average Bonchev–Trinajstić information content (AvgIpc) is 3.16. The minimum absolute atomic E-state index is 0.516. The van der Waals surface area contributed by atoms with Crippen LogP contribution >= 0.6 is 0 Å². The number of hydrogen-bond acceptors (Lipinski definition) is 3. The lowest BCUT2D eigenvalue weighted by Crippen LogP contribution is -2.33. The van der Waals surface area contributed by atoms with Gasteiger partial charge in [0, 0.05) is 24.6 Å². The molecule has 0 spiro atoms. The Morgan fingerprint density at radius 2 is 2.30 bits per heavy atom. The van der Waals surface area contributed by atoms with E-state index in [2.05, 4.69) is 20.3 Å². The molecule has 0 aliphatic heterocycles. The van der Waals surface area contributed by atoms with Crippen molar-refractivity contribution in [1.29, 1.82) is 0 Å². The van der Waals surface area contributed by atoms with Crippen LogP contribution in [-0.4, -0.2) is 26.5 Å². The van der Waals surface area contributed by atoms with Gasteiger partial charge in [0.15, 0.2) is 5.96 Å².